The first-order valence-corrected chi connectivity index (χ1v) is 3.48. The van der Waals surface area contributed by atoms with Gasteiger partial charge in [0.2, 0.25) is 0 Å². The minimum absolute atomic E-state index is 0.206. The highest BCUT2D eigenvalue weighted by molar-refractivity contribution is 6.00. The van der Waals surface area contributed by atoms with Crippen molar-refractivity contribution in [1.82, 2.24) is 0 Å². The molecule has 0 bridgehead atoms. The molecule has 3 heteroatoms. The molecule has 0 saturated heterocycles. The molecule has 1 aromatic heterocycles. The highest BCUT2D eigenvalue weighted by Crippen LogP contribution is 2.19. The summed E-state index contributed by atoms with van der Waals surface area (Å²) in [4.78, 5) is 10.7. The molecule has 0 fully saturated rings. The number of fused-ring (bicyclic) bond motifs is 1. The number of rotatable bonds is 1. The topological polar surface area (TPSA) is 50.4 Å². The van der Waals surface area contributed by atoms with E-state index in [1.807, 2.05) is 6.07 Å². The van der Waals surface area contributed by atoms with E-state index in [2.05, 4.69) is 0 Å². The van der Waals surface area contributed by atoms with Gasteiger partial charge in [-0.2, -0.15) is 0 Å². The molecule has 1 heterocycles. The molecule has 0 atom stereocenters. The standard InChI is InChI=1S/C9H6O3/c10-9(11)7-3-1-2-6-4-5-12-8(6)7/h1-5H,(H,10,11). The number of para-hydroxylation sites is 1. The average Bonchev–Trinajstić information content (AvgIpc) is 2.49. The Labute approximate surface area is 68.2 Å². The Kier molecular flexibility index (Phi) is 1.37. The SMILES string of the molecule is O=C(O)c1cccc2ccoc12. The number of aromatic carboxylic acids is 1. The van der Waals surface area contributed by atoms with Crippen LogP contribution in [0.2, 0.25) is 0 Å². The summed E-state index contributed by atoms with van der Waals surface area (Å²) in [5.41, 5.74) is 0.641. The molecule has 1 N–H and O–H groups in total. The molecule has 0 aliphatic heterocycles. The van der Waals surface area contributed by atoms with E-state index in [0.717, 1.165) is 5.39 Å². The predicted molar refractivity (Wildman–Crippen MR) is 43.2 cm³/mol. The van der Waals surface area contributed by atoms with Crippen molar-refractivity contribution in [3.8, 4) is 0 Å². The van der Waals surface area contributed by atoms with Crippen LogP contribution in [0.3, 0.4) is 0 Å². The minimum Gasteiger partial charge on any atom is -0.478 e. The van der Waals surface area contributed by atoms with E-state index in [1.54, 1.807) is 12.1 Å². The van der Waals surface area contributed by atoms with Crippen LogP contribution in [0, 0.1) is 0 Å². The minimum atomic E-state index is -0.962. The molecule has 0 aliphatic rings. The van der Waals surface area contributed by atoms with Crippen LogP contribution in [0.25, 0.3) is 11.0 Å². The van der Waals surface area contributed by atoms with Crippen molar-refractivity contribution in [3.05, 3.63) is 36.1 Å². The van der Waals surface area contributed by atoms with Crippen LogP contribution in [0.15, 0.2) is 34.9 Å². The van der Waals surface area contributed by atoms with Crippen LogP contribution in [0.5, 0.6) is 0 Å². The molecule has 0 saturated carbocycles. The second-order valence-corrected chi connectivity index (χ2v) is 2.45. The van der Waals surface area contributed by atoms with Gasteiger partial charge in [-0.3, -0.25) is 0 Å². The van der Waals surface area contributed by atoms with Gasteiger partial charge in [-0.25, -0.2) is 4.79 Å². The number of hydrogen-bond acceptors (Lipinski definition) is 2. The molecule has 12 heavy (non-hydrogen) atoms. The van der Waals surface area contributed by atoms with Crippen LogP contribution in [0.4, 0.5) is 0 Å². The number of hydrogen-bond donors (Lipinski definition) is 1. The van der Waals surface area contributed by atoms with Gasteiger partial charge >= 0.3 is 5.97 Å². The third-order valence-electron chi connectivity index (χ3n) is 1.71. The fourth-order valence-corrected chi connectivity index (χ4v) is 1.16. The molecular formula is C9H6O3. The lowest BCUT2D eigenvalue weighted by molar-refractivity contribution is 0.0698. The summed E-state index contributed by atoms with van der Waals surface area (Å²) in [6.07, 6.45) is 1.48. The number of carbonyl (C=O) groups is 1. The van der Waals surface area contributed by atoms with Crippen LogP contribution >= 0.6 is 0 Å². The normalized spacial score (nSPS) is 10.3. The van der Waals surface area contributed by atoms with Gasteiger partial charge in [0.25, 0.3) is 0 Å². The number of benzene rings is 1. The van der Waals surface area contributed by atoms with Crippen molar-refractivity contribution in [2.24, 2.45) is 0 Å². The maximum atomic E-state index is 10.7. The first-order valence-electron chi connectivity index (χ1n) is 3.48. The maximum Gasteiger partial charge on any atom is 0.339 e. The average molecular weight is 162 g/mol. The number of furan rings is 1. The van der Waals surface area contributed by atoms with E-state index in [4.69, 9.17) is 9.52 Å². The van der Waals surface area contributed by atoms with Gasteiger partial charge < -0.3 is 9.52 Å². The molecule has 0 amide bonds. The summed E-state index contributed by atoms with van der Waals surface area (Å²) in [6, 6.07) is 6.77. The largest absolute Gasteiger partial charge is 0.478 e. The number of carboxylic acid groups (broad SMARTS) is 1. The second-order valence-electron chi connectivity index (χ2n) is 2.45. The number of carboxylic acids is 1. The Bertz CT molecular complexity index is 428. The lowest BCUT2D eigenvalue weighted by Crippen LogP contribution is -1.95. The predicted octanol–water partition coefficient (Wildman–Crippen LogP) is 2.13. The molecule has 0 radical (unpaired) electrons. The lowest BCUT2D eigenvalue weighted by atomic mass is 10.1. The molecule has 0 unspecified atom stereocenters. The molecule has 0 aliphatic carbocycles. The highest BCUT2D eigenvalue weighted by atomic mass is 16.4. The Morgan fingerprint density at radius 2 is 2.17 bits per heavy atom. The summed E-state index contributed by atoms with van der Waals surface area (Å²) in [5.74, 6) is -0.962. The summed E-state index contributed by atoms with van der Waals surface area (Å²) in [5, 5.41) is 9.56. The third kappa shape index (κ3) is 0.871. The molecule has 1 aromatic carbocycles. The van der Waals surface area contributed by atoms with Crippen molar-refractivity contribution in [2.75, 3.05) is 0 Å². The monoisotopic (exact) mass is 162 g/mol. The molecular weight excluding hydrogens is 156 g/mol. The summed E-state index contributed by atoms with van der Waals surface area (Å²) in [7, 11) is 0. The third-order valence-corrected chi connectivity index (χ3v) is 1.71. The van der Waals surface area contributed by atoms with Crippen molar-refractivity contribution < 1.29 is 14.3 Å². The smallest absolute Gasteiger partial charge is 0.339 e. The fraction of sp³-hybridized carbons (Fsp3) is 0. The zero-order chi connectivity index (χ0) is 8.55. The van der Waals surface area contributed by atoms with Gasteiger partial charge in [0.05, 0.1) is 6.26 Å². The van der Waals surface area contributed by atoms with Gasteiger partial charge in [-0.1, -0.05) is 12.1 Å². The van der Waals surface area contributed by atoms with Gasteiger partial charge in [-0.05, 0) is 12.1 Å². The Morgan fingerprint density at radius 3 is 2.92 bits per heavy atom. The fourth-order valence-electron chi connectivity index (χ4n) is 1.16. The first-order chi connectivity index (χ1) is 5.79. The Morgan fingerprint density at radius 1 is 1.33 bits per heavy atom. The molecule has 2 aromatic rings. The highest BCUT2D eigenvalue weighted by Gasteiger charge is 2.09. The van der Waals surface area contributed by atoms with Gasteiger partial charge in [0.15, 0.2) is 0 Å². The Hall–Kier alpha value is -1.77. The van der Waals surface area contributed by atoms with E-state index in [-0.39, 0.29) is 5.56 Å². The van der Waals surface area contributed by atoms with Crippen molar-refractivity contribution in [3.63, 3.8) is 0 Å². The van der Waals surface area contributed by atoms with Crippen molar-refractivity contribution in [1.29, 1.82) is 0 Å². The van der Waals surface area contributed by atoms with E-state index in [1.165, 1.54) is 12.3 Å². The first kappa shape index (κ1) is 6.91. The van der Waals surface area contributed by atoms with Gasteiger partial charge in [-0.15, -0.1) is 0 Å². The van der Waals surface area contributed by atoms with Gasteiger partial charge in [0.1, 0.15) is 11.1 Å². The van der Waals surface area contributed by atoms with Crippen LogP contribution in [0.1, 0.15) is 10.4 Å². The van der Waals surface area contributed by atoms with Crippen molar-refractivity contribution in [2.45, 2.75) is 0 Å². The molecule has 3 nitrogen and oxygen atoms in total. The zero-order valence-electron chi connectivity index (χ0n) is 6.15. The van der Waals surface area contributed by atoms with Crippen molar-refractivity contribution >= 4 is 16.9 Å². The molecule has 0 spiro atoms. The van der Waals surface area contributed by atoms with Crippen LogP contribution < -0.4 is 0 Å². The zero-order valence-corrected chi connectivity index (χ0v) is 6.15. The summed E-state index contributed by atoms with van der Waals surface area (Å²) >= 11 is 0. The lowest BCUT2D eigenvalue weighted by Gasteiger charge is -1.93. The quantitative estimate of drug-likeness (QED) is 0.698. The Balaban J connectivity index is 2.82. The summed E-state index contributed by atoms with van der Waals surface area (Å²) in [6.45, 7) is 0. The van der Waals surface area contributed by atoms with E-state index < -0.39 is 5.97 Å². The van der Waals surface area contributed by atoms with Crippen LogP contribution in [-0.2, 0) is 0 Å². The maximum absolute atomic E-state index is 10.7. The van der Waals surface area contributed by atoms with E-state index >= 15 is 0 Å². The van der Waals surface area contributed by atoms with Gasteiger partial charge in [0, 0.05) is 5.39 Å². The summed E-state index contributed by atoms with van der Waals surface area (Å²) < 4.78 is 5.03. The molecule has 2 rings (SSSR count). The van der Waals surface area contributed by atoms with Crippen LogP contribution in [-0.4, -0.2) is 11.1 Å². The van der Waals surface area contributed by atoms with E-state index in [9.17, 15) is 4.79 Å². The van der Waals surface area contributed by atoms with E-state index in [0.29, 0.717) is 5.58 Å². The second kappa shape index (κ2) is 2.37. The molecule has 60 valence electrons.